The van der Waals surface area contributed by atoms with Gasteiger partial charge in [0.2, 0.25) is 5.91 Å². The molecule has 2 aliphatic rings. The Morgan fingerprint density at radius 1 is 1.02 bits per heavy atom. The molecule has 1 aliphatic heterocycles. The topological polar surface area (TPSA) is 182 Å². The minimum absolute atomic E-state index is 0.0493. The molecule has 0 saturated carbocycles. The second kappa shape index (κ2) is 20.2. The molecule has 5 rings (SSSR count). The van der Waals surface area contributed by atoms with Gasteiger partial charge in [-0.2, -0.15) is 0 Å². The lowest BCUT2D eigenvalue weighted by Crippen LogP contribution is -2.46. The molecule has 15 heteroatoms. The van der Waals surface area contributed by atoms with Gasteiger partial charge in [0.25, 0.3) is 11.8 Å². The van der Waals surface area contributed by atoms with Crippen molar-refractivity contribution in [2.45, 2.75) is 70.6 Å². The summed E-state index contributed by atoms with van der Waals surface area (Å²) in [5.41, 5.74) is 3.94. The number of nitrogens with one attached hydrogen (secondary N) is 4. The molecule has 0 unspecified atom stereocenters. The van der Waals surface area contributed by atoms with E-state index in [1.165, 1.54) is 26.0 Å². The van der Waals surface area contributed by atoms with Crippen LogP contribution in [0.1, 0.15) is 79.2 Å². The fourth-order valence-corrected chi connectivity index (χ4v) is 6.89. The molecule has 2 aromatic carbocycles. The van der Waals surface area contributed by atoms with Crippen molar-refractivity contribution in [2.75, 3.05) is 18.9 Å². The highest BCUT2D eigenvalue weighted by Crippen LogP contribution is 2.44. The lowest BCUT2D eigenvalue weighted by molar-refractivity contribution is -0.152. The number of ether oxygens (including phenoxy) is 2. The maximum atomic E-state index is 14.4. The Balaban J connectivity index is 1.22. The molecular weight excluding hydrogens is 742 g/mol. The molecule has 294 valence electrons. The summed E-state index contributed by atoms with van der Waals surface area (Å²) in [7, 11) is 0. The molecule has 1 aliphatic carbocycles. The lowest BCUT2D eigenvalue weighted by Gasteiger charge is -2.22. The van der Waals surface area contributed by atoms with Gasteiger partial charge in [-0.3, -0.25) is 19.2 Å². The molecule has 0 fully saturated rings. The quantitative estimate of drug-likeness (QED) is 0.0873. The van der Waals surface area contributed by atoms with Crippen LogP contribution < -0.4 is 21.3 Å². The molecule has 4 N–H and O–H groups in total. The number of carbonyl (C=O) groups excluding carboxylic acids is 6. The first-order chi connectivity index (χ1) is 27.0. The number of aromatic nitrogens is 1. The number of carbonyl (C=O) groups is 6. The third kappa shape index (κ3) is 11.6. The van der Waals surface area contributed by atoms with Crippen LogP contribution >= 0.6 is 11.8 Å². The van der Waals surface area contributed by atoms with E-state index in [1.807, 2.05) is 36.4 Å². The van der Waals surface area contributed by atoms with Crippen LogP contribution in [0.4, 0.5) is 9.18 Å². The number of hydrogen-bond donors (Lipinski definition) is 4. The first-order valence-corrected chi connectivity index (χ1v) is 19.3. The molecule has 0 saturated heterocycles. The van der Waals surface area contributed by atoms with E-state index >= 15 is 0 Å². The maximum absolute atomic E-state index is 14.4. The van der Waals surface area contributed by atoms with E-state index in [4.69, 9.17) is 9.47 Å². The summed E-state index contributed by atoms with van der Waals surface area (Å²) in [5, 5.41) is 10.3. The maximum Gasteiger partial charge on any atom is 0.407 e. The molecular formula is C41H44FN5O8S. The van der Waals surface area contributed by atoms with Gasteiger partial charge in [0.05, 0.1) is 18.7 Å². The van der Waals surface area contributed by atoms with Gasteiger partial charge in [-0.25, -0.2) is 19.0 Å². The van der Waals surface area contributed by atoms with E-state index in [0.717, 1.165) is 46.1 Å². The normalized spacial score (nSPS) is 18.4. The summed E-state index contributed by atoms with van der Waals surface area (Å²) in [6, 6.07) is 16.8. The van der Waals surface area contributed by atoms with Crippen LogP contribution in [0.3, 0.4) is 0 Å². The van der Waals surface area contributed by atoms with Crippen molar-refractivity contribution in [1.29, 1.82) is 0 Å². The van der Waals surface area contributed by atoms with E-state index in [-0.39, 0.29) is 60.7 Å². The average molecular weight is 786 g/mol. The molecule has 2 bridgehead atoms. The first-order valence-electron chi connectivity index (χ1n) is 18.3. The van der Waals surface area contributed by atoms with Crippen molar-refractivity contribution in [3.63, 3.8) is 0 Å². The average Bonchev–Trinajstić information content (AvgIpc) is 3.50. The molecule has 13 nitrogen and oxygen atoms in total. The SMILES string of the molecule is C/C=C1\NC(=O)c2cc(F)cc(n2)CNC(=O)C[C@@H](/C=C/CCSC(C)=O)OC(=O)[C@H](CCCCNC(=O)OCC2c3ccccc3-c3ccccc32)NC1=O. The molecule has 1 aromatic heterocycles. The van der Waals surface area contributed by atoms with Crippen LogP contribution in [-0.4, -0.2) is 70.9 Å². The Bertz CT molecular complexity index is 1980. The number of rotatable bonds is 11. The van der Waals surface area contributed by atoms with Crippen LogP contribution in [-0.2, 0) is 35.2 Å². The van der Waals surface area contributed by atoms with Crippen molar-refractivity contribution >= 4 is 46.7 Å². The third-order valence-electron chi connectivity index (χ3n) is 9.04. The highest BCUT2D eigenvalue weighted by Gasteiger charge is 2.30. The number of hydrogen-bond acceptors (Lipinski definition) is 10. The summed E-state index contributed by atoms with van der Waals surface area (Å²) >= 11 is 1.13. The van der Waals surface area contributed by atoms with E-state index in [1.54, 1.807) is 6.08 Å². The molecule has 0 radical (unpaired) electrons. The van der Waals surface area contributed by atoms with Crippen molar-refractivity contribution in [2.24, 2.45) is 0 Å². The minimum atomic E-state index is -1.22. The number of thioether (sulfide) groups is 1. The highest BCUT2D eigenvalue weighted by atomic mass is 32.2. The van der Waals surface area contributed by atoms with Gasteiger partial charge in [-0.05, 0) is 67.0 Å². The third-order valence-corrected chi connectivity index (χ3v) is 9.89. The number of benzene rings is 2. The number of pyridine rings is 1. The van der Waals surface area contributed by atoms with Crippen molar-refractivity contribution in [3.8, 4) is 11.1 Å². The zero-order valence-corrected chi connectivity index (χ0v) is 31.9. The predicted molar refractivity (Wildman–Crippen MR) is 208 cm³/mol. The Hall–Kier alpha value is -5.83. The molecule has 2 atom stereocenters. The Morgan fingerprint density at radius 3 is 2.43 bits per heavy atom. The van der Waals surface area contributed by atoms with Gasteiger partial charge in [-0.1, -0.05) is 72.4 Å². The van der Waals surface area contributed by atoms with Crippen molar-refractivity contribution in [3.05, 3.63) is 113 Å². The minimum Gasteiger partial charge on any atom is -0.456 e. The van der Waals surface area contributed by atoms with Gasteiger partial charge in [0, 0.05) is 31.2 Å². The second-order valence-corrected chi connectivity index (χ2v) is 14.4. The second-order valence-electron chi connectivity index (χ2n) is 13.1. The van der Waals surface area contributed by atoms with Crippen LogP contribution in [0.15, 0.2) is 84.6 Å². The number of fused-ring (bicyclic) bond motifs is 5. The molecule has 56 heavy (non-hydrogen) atoms. The monoisotopic (exact) mass is 785 g/mol. The first kappa shape index (κ1) is 41.3. The standard InChI is InChI=1S/C41H44FN5O8S/c1-3-34-38(50)47-35(17-8-10-18-43-41(53)54-24-33-31-15-6-4-13-29(31)30-14-5-7-16-32(30)33)40(52)55-28(12-9-11-19-56-25(2)48)22-37(49)44-23-27-20-26(42)21-36(45-27)39(51)46-34/h3-7,9,12-16,20-21,28,33,35H,8,10-11,17-19,22-24H2,1-2H3,(H,43,53)(H,44,49)(H,46,51)(H,47,50)/b12-9+,34-3-/t28-,35+/m1/s1. The van der Waals surface area contributed by atoms with E-state index in [9.17, 15) is 33.2 Å². The Kier molecular flexibility index (Phi) is 14.9. The highest BCUT2D eigenvalue weighted by molar-refractivity contribution is 8.13. The number of allylic oxidation sites excluding steroid dienone is 2. The van der Waals surface area contributed by atoms with E-state index in [0.29, 0.717) is 25.0 Å². The van der Waals surface area contributed by atoms with Gasteiger partial charge in [-0.15, -0.1) is 0 Å². The zero-order valence-electron chi connectivity index (χ0n) is 31.1. The number of cyclic esters (lactones) is 1. The number of amides is 4. The van der Waals surface area contributed by atoms with Gasteiger partial charge in [0.15, 0.2) is 5.12 Å². The molecule has 3 aromatic rings. The fraction of sp³-hybridized carbons (Fsp3) is 0.341. The van der Waals surface area contributed by atoms with E-state index < -0.39 is 47.7 Å². The fourth-order valence-electron chi connectivity index (χ4n) is 6.35. The number of unbranched alkanes of at least 4 members (excludes halogenated alkanes) is 1. The predicted octanol–water partition coefficient (Wildman–Crippen LogP) is 5.21. The smallest absolute Gasteiger partial charge is 0.407 e. The number of esters is 1. The number of alkyl carbamates (subject to hydrolysis) is 1. The van der Waals surface area contributed by atoms with Gasteiger partial charge in [0.1, 0.15) is 36.0 Å². The molecule has 4 amide bonds. The summed E-state index contributed by atoms with van der Waals surface area (Å²) in [6.07, 6.45) is 3.88. The Labute approximate surface area is 328 Å². The molecule has 2 heterocycles. The van der Waals surface area contributed by atoms with E-state index in [2.05, 4.69) is 38.4 Å². The van der Waals surface area contributed by atoms with Crippen LogP contribution in [0.25, 0.3) is 11.1 Å². The summed E-state index contributed by atoms with van der Waals surface area (Å²) in [6.45, 7) is 3.11. The summed E-state index contributed by atoms with van der Waals surface area (Å²) in [5.74, 6) is -3.45. The largest absolute Gasteiger partial charge is 0.456 e. The number of halogens is 1. The zero-order chi connectivity index (χ0) is 40.0. The van der Waals surface area contributed by atoms with Crippen LogP contribution in [0.5, 0.6) is 0 Å². The van der Waals surface area contributed by atoms with Crippen molar-refractivity contribution < 1.29 is 42.6 Å². The van der Waals surface area contributed by atoms with Crippen LogP contribution in [0.2, 0.25) is 0 Å². The van der Waals surface area contributed by atoms with Crippen LogP contribution in [0, 0.1) is 5.82 Å². The van der Waals surface area contributed by atoms with Crippen molar-refractivity contribution in [1.82, 2.24) is 26.3 Å². The summed E-state index contributed by atoms with van der Waals surface area (Å²) < 4.78 is 25.8. The van der Waals surface area contributed by atoms with Gasteiger partial charge >= 0.3 is 12.1 Å². The lowest BCUT2D eigenvalue weighted by atomic mass is 9.98. The summed E-state index contributed by atoms with van der Waals surface area (Å²) in [4.78, 5) is 81.1. The molecule has 0 spiro atoms. The Morgan fingerprint density at radius 2 is 1.73 bits per heavy atom. The van der Waals surface area contributed by atoms with Gasteiger partial charge < -0.3 is 30.7 Å². The number of nitrogens with zero attached hydrogens (tertiary/aromatic N) is 1.